The molecule has 0 aromatic carbocycles. The Morgan fingerprint density at radius 3 is 1.87 bits per heavy atom. The zero-order valence-corrected chi connectivity index (χ0v) is 21.2. The van der Waals surface area contributed by atoms with E-state index in [2.05, 4.69) is 26.1 Å². The smallest absolute Gasteiger partial charge is 0.245 e. The zero-order valence-electron chi connectivity index (χ0n) is 21.2. The molecule has 0 fully saturated rings. The Hall–Kier alpha value is -1.59. The number of carbonyl (C=O) groups excluding carboxylic acids is 3. The van der Waals surface area contributed by atoms with Crippen molar-refractivity contribution < 1.29 is 14.4 Å². The molecule has 0 aromatic heterocycles. The van der Waals surface area contributed by atoms with Crippen molar-refractivity contribution in [3.8, 4) is 0 Å². The van der Waals surface area contributed by atoms with Gasteiger partial charge in [-0.2, -0.15) is 0 Å². The van der Waals surface area contributed by atoms with Crippen LogP contribution in [0.4, 0.5) is 0 Å². The van der Waals surface area contributed by atoms with Crippen molar-refractivity contribution in [3.63, 3.8) is 0 Å². The topological polar surface area (TPSA) is 69.7 Å². The fourth-order valence-corrected chi connectivity index (χ4v) is 3.61. The van der Waals surface area contributed by atoms with Crippen LogP contribution in [-0.4, -0.2) is 59.2 Å². The predicted molar refractivity (Wildman–Crippen MR) is 129 cm³/mol. The monoisotopic (exact) mass is 439 g/mol. The van der Waals surface area contributed by atoms with Crippen LogP contribution >= 0.6 is 0 Å². The van der Waals surface area contributed by atoms with Gasteiger partial charge in [0.05, 0.1) is 0 Å². The van der Waals surface area contributed by atoms with E-state index < -0.39 is 6.04 Å². The Balaban J connectivity index is 5.50. The van der Waals surface area contributed by atoms with Crippen molar-refractivity contribution in [2.75, 3.05) is 19.6 Å². The molecule has 0 saturated carbocycles. The van der Waals surface area contributed by atoms with Gasteiger partial charge in [-0.3, -0.25) is 14.4 Å². The summed E-state index contributed by atoms with van der Waals surface area (Å²) in [6.45, 7) is 14.2. The van der Waals surface area contributed by atoms with Crippen molar-refractivity contribution in [1.82, 2.24) is 15.1 Å². The second kappa shape index (κ2) is 18.0. The molecule has 182 valence electrons. The van der Waals surface area contributed by atoms with E-state index in [4.69, 9.17) is 0 Å². The number of likely N-dealkylation sites (N-methyl/N-ethyl adjacent to an activating group) is 1. The number of hydrogen-bond acceptors (Lipinski definition) is 3. The first kappa shape index (κ1) is 29.4. The molecule has 0 radical (unpaired) electrons. The molecule has 0 aliphatic heterocycles. The summed E-state index contributed by atoms with van der Waals surface area (Å²) < 4.78 is 0. The van der Waals surface area contributed by atoms with Crippen LogP contribution in [0, 0.1) is 0 Å². The molecule has 2 atom stereocenters. The Bertz CT molecular complexity index is 502. The van der Waals surface area contributed by atoms with Crippen LogP contribution in [0.2, 0.25) is 0 Å². The molecule has 0 bridgehead atoms. The van der Waals surface area contributed by atoms with Gasteiger partial charge in [0.1, 0.15) is 6.04 Å². The highest BCUT2D eigenvalue weighted by atomic mass is 16.2. The minimum Gasteiger partial charge on any atom is -0.354 e. The van der Waals surface area contributed by atoms with Crippen LogP contribution in [-0.2, 0) is 14.4 Å². The van der Waals surface area contributed by atoms with Crippen molar-refractivity contribution >= 4 is 17.7 Å². The number of carbonyl (C=O) groups is 3. The van der Waals surface area contributed by atoms with Crippen molar-refractivity contribution in [1.29, 1.82) is 0 Å². The lowest BCUT2D eigenvalue weighted by Crippen LogP contribution is -2.52. The Morgan fingerprint density at radius 2 is 1.39 bits per heavy atom. The standard InChI is InChI=1S/C25H49N3O3/c1-7-12-15-16-24(30)28(11-5)22(17-18-23(29)26-21(6)10-4)25(31)27(19-13-8-2)20-14-9-3/h21-22H,7-20H2,1-6H3,(H,26,29)/t21?,22-/m0/s1. The molecule has 1 N–H and O–H groups in total. The molecule has 0 aromatic rings. The number of nitrogens with zero attached hydrogens (tertiary/aromatic N) is 2. The summed E-state index contributed by atoms with van der Waals surface area (Å²) in [4.78, 5) is 42.6. The molecule has 0 saturated heterocycles. The van der Waals surface area contributed by atoms with Crippen molar-refractivity contribution in [2.45, 2.75) is 124 Å². The molecule has 0 aliphatic carbocycles. The molecule has 0 aliphatic rings. The molecule has 0 spiro atoms. The van der Waals surface area contributed by atoms with Gasteiger partial charge in [-0.1, -0.05) is 53.4 Å². The quantitative estimate of drug-likeness (QED) is 0.309. The molecular formula is C25H49N3O3. The normalized spacial score (nSPS) is 12.8. The highest BCUT2D eigenvalue weighted by molar-refractivity contribution is 5.88. The molecular weight excluding hydrogens is 390 g/mol. The molecule has 6 nitrogen and oxygen atoms in total. The third-order valence-corrected chi connectivity index (χ3v) is 5.86. The van der Waals surface area contributed by atoms with E-state index in [9.17, 15) is 14.4 Å². The Labute approximate surface area is 191 Å². The van der Waals surface area contributed by atoms with E-state index >= 15 is 0 Å². The second-order valence-electron chi connectivity index (χ2n) is 8.60. The Morgan fingerprint density at radius 1 is 0.806 bits per heavy atom. The third-order valence-electron chi connectivity index (χ3n) is 5.86. The summed E-state index contributed by atoms with van der Waals surface area (Å²) in [6.07, 6.45) is 8.82. The number of nitrogens with one attached hydrogen (secondary N) is 1. The predicted octanol–water partition coefficient (Wildman–Crippen LogP) is 4.91. The first-order chi connectivity index (χ1) is 14.9. The lowest BCUT2D eigenvalue weighted by Gasteiger charge is -2.34. The van der Waals surface area contributed by atoms with Gasteiger partial charge in [0, 0.05) is 38.5 Å². The van der Waals surface area contributed by atoms with Gasteiger partial charge in [0.15, 0.2) is 0 Å². The van der Waals surface area contributed by atoms with E-state index in [1.807, 2.05) is 25.7 Å². The van der Waals surface area contributed by atoms with Crippen molar-refractivity contribution in [2.24, 2.45) is 0 Å². The second-order valence-corrected chi connectivity index (χ2v) is 8.60. The maximum atomic E-state index is 13.6. The summed E-state index contributed by atoms with van der Waals surface area (Å²) in [6, 6.07) is -0.444. The number of unbranched alkanes of at least 4 members (excludes halogenated alkanes) is 4. The van der Waals surface area contributed by atoms with Crippen LogP contribution < -0.4 is 5.32 Å². The van der Waals surface area contributed by atoms with Crippen LogP contribution in [0.15, 0.2) is 0 Å². The Kier molecular flexibility index (Phi) is 17.1. The average molecular weight is 440 g/mol. The molecule has 1 unspecified atom stereocenters. The molecule has 0 rings (SSSR count). The van der Waals surface area contributed by atoms with Gasteiger partial charge in [-0.25, -0.2) is 0 Å². The van der Waals surface area contributed by atoms with Crippen molar-refractivity contribution in [3.05, 3.63) is 0 Å². The molecule has 0 heterocycles. The number of rotatable bonds is 18. The summed E-state index contributed by atoms with van der Waals surface area (Å²) in [5.41, 5.74) is 0. The SMILES string of the molecule is CCCCCC(=O)N(CC)[C@@H](CCC(=O)NC(C)CC)C(=O)N(CCCC)CCCC. The number of amides is 3. The maximum absolute atomic E-state index is 13.6. The first-order valence-electron chi connectivity index (χ1n) is 12.7. The summed E-state index contributed by atoms with van der Waals surface area (Å²) in [5.74, 6) is -0.0122. The van der Waals surface area contributed by atoms with E-state index in [1.165, 1.54) is 0 Å². The zero-order chi connectivity index (χ0) is 23.6. The minimum atomic E-state index is -0.560. The van der Waals surface area contributed by atoms with Gasteiger partial charge < -0.3 is 15.1 Å². The third kappa shape index (κ3) is 12.1. The van der Waals surface area contributed by atoms with E-state index in [1.54, 1.807) is 4.90 Å². The first-order valence-corrected chi connectivity index (χ1v) is 12.7. The van der Waals surface area contributed by atoms with E-state index in [0.717, 1.165) is 51.4 Å². The summed E-state index contributed by atoms with van der Waals surface area (Å²) in [7, 11) is 0. The van der Waals surface area contributed by atoms with Gasteiger partial charge in [-0.05, 0) is 46.0 Å². The fraction of sp³-hybridized carbons (Fsp3) is 0.880. The highest BCUT2D eigenvalue weighted by Gasteiger charge is 2.32. The lowest BCUT2D eigenvalue weighted by molar-refractivity contribution is -0.146. The summed E-state index contributed by atoms with van der Waals surface area (Å²) >= 11 is 0. The van der Waals surface area contributed by atoms with Crippen LogP contribution in [0.1, 0.15) is 112 Å². The van der Waals surface area contributed by atoms with E-state index in [0.29, 0.717) is 32.5 Å². The fourth-order valence-electron chi connectivity index (χ4n) is 3.61. The minimum absolute atomic E-state index is 0.00364. The molecule has 31 heavy (non-hydrogen) atoms. The largest absolute Gasteiger partial charge is 0.354 e. The highest BCUT2D eigenvalue weighted by Crippen LogP contribution is 2.16. The van der Waals surface area contributed by atoms with Crippen LogP contribution in [0.5, 0.6) is 0 Å². The maximum Gasteiger partial charge on any atom is 0.245 e. The van der Waals surface area contributed by atoms with Crippen LogP contribution in [0.3, 0.4) is 0 Å². The van der Waals surface area contributed by atoms with Gasteiger partial charge in [0.2, 0.25) is 17.7 Å². The molecule has 6 heteroatoms. The van der Waals surface area contributed by atoms with E-state index in [-0.39, 0.29) is 30.2 Å². The number of hydrogen-bond donors (Lipinski definition) is 1. The van der Waals surface area contributed by atoms with Gasteiger partial charge in [0.25, 0.3) is 0 Å². The average Bonchev–Trinajstić information content (AvgIpc) is 2.76. The van der Waals surface area contributed by atoms with Gasteiger partial charge in [-0.15, -0.1) is 0 Å². The van der Waals surface area contributed by atoms with Gasteiger partial charge >= 0.3 is 0 Å². The van der Waals surface area contributed by atoms with Crippen LogP contribution in [0.25, 0.3) is 0 Å². The molecule has 3 amide bonds. The summed E-state index contributed by atoms with van der Waals surface area (Å²) in [5, 5.41) is 2.98. The lowest BCUT2D eigenvalue weighted by atomic mass is 10.0.